The standard InChI is InChI=1S/C40H61N5O6S/c1-40(2,51)32(38(49)41-3)24-35(46)33(21-28-16-10-6-11-17-28)43-39(50)34(23-30-25-52-26-42-30)44-37(48)29(20-27-14-8-5-9-15-27)22-36(47)45(4)31-18-12-7-13-19-31/h5,8-9,14-15,25-26,28-29,31-35,46,51H,6-7,10-13,16-24H2,1-4H3,(H,41,49)(H,43,50)(H,44,48)/t29?,32?,33?,34-,35?/m0/s1. The van der Waals surface area contributed by atoms with E-state index < -0.39 is 53.3 Å². The van der Waals surface area contributed by atoms with E-state index in [1.807, 2.05) is 42.8 Å². The summed E-state index contributed by atoms with van der Waals surface area (Å²) in [4.78, 5) is 61.1. The van der Waals surface area contributed by atoms with Crippen molar-refractivity contribution in [3.8, 4) is 0 Å². The van der Waals surface area contributed by atoms with Gasteiger partial charge in [0.15, 0.2) is 0 Å². The Morgan fingerprint density at radius 2 is 1.58 bits per heavy atom. The molecule has 4 unspecified atom stereocenters. The van der Waals surface area contributed by atoms with Gasteiger partial charge in [0.25, 0.3) is 0 Å². The van der Waals surface area contributed by atoms with Crippen molar-refractivity contribution in [2.75, 3.05) is 14.1 Å². The Kier molecular flexibility index (Phi) is 16.1. The number of hydrogen-bond donors (Lipinski definition) is 5. The average Bonchev–Trinajstić information content (AvgIpc) is 3.66. The third-order valence-corrected chi connectivity index (χ3v) is 11.8. The van der Waals surface area contributed by atoms with E-state index in [-0.39, 0.29) is 37.1 Å². The zero-order chi connectivity index (χ0) is 37.7. The highest BCUT2D eigenvalue weighted by atomic mass is 32.1. The Morgan fingerprint density at radius 3 is 2.17 bits per heavy atom. The zero-order valence-electron chi connectivity index (χ0n) is 31.5. The second-order valence-corrected chi connectivity index (χ2v) is 16.3. The number of nitrogens with one attached hydrogen (secondary N) is 3. The third-order valence-electron chi connectivity index (χ3n) is 11.2. The fourth-order valence-corrected chi connectivity index (χ4v) is 8.47. The Hall–Kier alpha value is -3.35. The van der Waals surface area contributed by atoms with Gasteiger partial charge in [-0.05, 0) is 57.4 Å². The smallest absolute Gasteiger partial charge is 0.243 e. The van der Waals surface area contributed by atoms with Crippen molar-refractivity contribution in [2.24, 2.45) is 17.8 Å². The normalized spacial score (nSPS) is 18.7. The van der Waals surface area contributed by atoms with Crippen molar-refractivity contribution in [1.29, 1.82) is 0 Å². The molecule has 4 rings (SSSR count). The van der Waals surface area contributed by atoms with Crippen LogP contribution in [0.4, 0.5) is 0 Å². The van der Waals surface area contributed by atoms with Crippen LogP contribution < -0.4 is 16.0 Å². The number of amides is 4. The molecule has 2 fully saturated rings. The van der Waals surface area contributed by atoms with Crippen LogP contribution in [0.25, 0.3) is 0 Å². The molecule has 4 amide bonds. The van der Waals surface area contributed by atoms with Gasteiger partial charge in [-0.15, -0.1) is 11.3 Å². The molecule has 12 heteroatoms. The van der Waals surface area contributed by atoms with E-state index in [0.29, 0.717) is 18.5 Å². The highest BCUT2D eigenvalue weighted by Gasteiger charge is 2.38. The highest BCUT2D eigenvalue weighted by Crippen LogP contribution is 2.31. The summed E-state index contributed by atoms with van der Waals surface area (Å²) in [6.07, 6.45) is 10.3. The molecule has 2 aromatic rings. The Balaban J connectivity index is 1.57. The van der Waals surface area contributed by atoms with E-state index in [1.54, 1.807) is 10.4 Å². The van der Waals surface area contributed by atoms with Crippen LogP contribution in [0, 0.1) is 17.8 Å². The molecule has 5 atom stereocenters. The number of carbonyl (C=O) groups is 4. The minimum Gasteiger partial charge on any atom is -0.391 e. The summed E-state index contributed by atoms with van der Waals surface area (Å²) in [5, 5.41) is 33.0. The van der Waals surface area contributed by atoms with Crippen LogP contribution in [0.1, 0.15) is 109 Å². The van der Waals surface area contributed by atoms with Gasteiger partial charge in [0.05, 0.1) is 40.8 Å². The summed E-state index contributed by atoms with van der Waals surface area (Å²) in [7, 11) is 3.33. The summed E-state index contributed by atoms with van der Waals surface area (Å²) in [5.41, 5.74) is 1.83. The molecule has 1 heterocycles. The first-order valence-corrected chi connectivity index (χ1v) is 20.2. The third kappa shape index (κ3) is 12.7. The summed E-state index contributed by atoms with van der Waals surface area (Å²) >= 11 is 1.39. The van der Waals surface area contributed by atoms with Crippen LogP contribution >= 0.6 is 11.3 Å². The topological polar surface area (TPSA) is 161 Å². The molecule has 0 aliphatic heterocycles. The Bertz CT molecular complexity index is 1410. The number of aliphatic hydroxyl groups excluding tert-OH is 1. The highest BCUT2D eigenvalue weighted by molar-refractivity contribution is 7.07. The lowest BCUT2D eigenvalue weighted by molar-refractivity contribution is -0.138. The maximum absolute atomic E-state index is 14.3. The van der Waals surface area contributed by atoms with Gasteiger partial charge in [-0.1, -0.05) is 81.7 Å². The summed E-state index contributed by atoms with van der Waals surface area (Å²) < 4.78 is 0. The van der Waals surface area contributed by atoms with E-state index >= 15 is 0 Å². The van der Waals surface area contributed by atoms with Crippen LogP contribution in [0.15, 0.2) is 41.2 Å². The minimum atomic E-state index is -1.40. The number of nitrogens with zero attached hydrogens (tertiary/aromatic N) is 2. The van der Waals surface area contributed by atoms with Crippen molar-refractivity contribution >= 4 is 35.0 Å². The van der Waals surface area contributed by atoms with E-state index in [1.165, 1.54) is 38.7 Å². The van der Waals surface area contributed by atoms with E-state index in [9.17, 15) is 29.4 Å². The lowest BCUT2D eigenvalue weighted by atomic mass is 9.80. The van der Waals surface area contributed by atoms with E-state index in [4.69, 9.17) is 0 Å². The first-order chi connectivity index (χ1) is 24.8. The molecule has 5 N–H and O–H groups in total. The van der Waals surface area contributed by atoms with Crippen molar-refractivity contribution in [3.63, 3.8) is 0 Å². The molecule has 2 saturated carbocycles. The molecule has 2 aliphatic rings. The van der Waals surface area contributed by atoms with Crippen LogP contribution in [0.3, 0.4) is 0 Å². The van der Waals surface area contributed by atoms with Gasteiger partial charge in [0.1, 0.15) is 6.04 Å². The molecule has 11 nitrogen and oxygen atoms in total. The lowest BCUT2D eigenvalue weighted by Crippen LogP contribution is -2.56. The van der Waals surface area contributed by atoms with Gasteiger partial charge in [-0.2, -0.15) is 0 Å². The monoisotopic (exact) mass is 739 g/mol. The van der Waals surface area contributed by atoms with Crippen LogP contribution in [-0.4, -0.2) is 87.7 Å². The number of aromatic nitrogens is 1. The van der Waals surface area contributed by atoms with Crippen molar-refractivity contribution < 1.29 is 29.4 Å². The van der Waals surface area contributed by atoms with Gasteiger partial charge in [0.2, 0.25) is 23.6 Å². The van der Waals surface area contributed by atoms with Crippen LogP contribution in [0.5, 0.6) is 0 Å². The molecule has 0 radical (unpaired) electrons. The number of aliphatic hydroxyl groups is 2. The first kappa shape index (κ1) is 41.4. The lowest BCUT2D eigenvalue weighted by Gasteiger charge is -2.35. The number of thiazole rings is 1. The predicted octanol–water partition coefficient (Wildman–Crippen LogP) is 4.55. The Morgan fingerprint density at radius 1 is 0.923 bits per heavy atom. The fraction of sp³-hybridized carbons (Fsp3) is 0.675. The maximum Gasteiger partial charge on any atom is 0.243 e. The molecule has 0 spiro atoms. The fourth-order valence-electron chi connectivity index (χ4n) is 7.90. The van der Waals surface area contributed by atoms with Crippen molar-refractivity contribution in [3.05, 3.63) is 52.5 Å². The first-order valence-electron chi connectivity index (χ1n) is 19.2. The summed E-state index contributed by atoms with van der Waals surface area (Å²) in [6, 6.07) is 8.02. The van der Waals surface area contributed by atoms with Crippen molar-refractivity contribution in [1.82, 2.24) is 25.8 Å². The second-order valence-electron chi connectivity index (χ2n) is 15.6. The molecular formula is C40H61N5O6S. The number of benzene rings is 1. The molecular weight excluding hydrogens is 679 g/mol. The van der Waals surface area contributed by atoms with Gasteiger partial charge in [-0.3, -0.25) is 19.2 Å². The van der Waals surface area contributed by atoms with Crippen molar-refractivity contribution in [2.45, 2.75) is 140 Å². The average molecular weight is 740 g/mol. The molecule has 288 valence electrons. The molecule has 52 heavy (non-hydrogen) atoms. The Labute approximate surface area is 313 Å². The van der Waals surface area contributed by atoms with Gasteiger partial charge in [0, 0.05) is 38.4 Å². The van der Waals surface area contributed by atoms with E-state index in [2.05, 4.69) is 20.9 Å². The summed E-state index contributed by atoms with van der Waals surface area (Å²) in [6.45, 7) is 3.08. The minimum absolute atomic E-state index is 0.0135. The van der Waals surface area contributed by atoms with Gasteiger partial charge in [-0.25, -0.2) is 4.98 Å². The zero-order valence-corrected chi connectivity index (χ0v) is 32.3. The van der Waals surface area contributed by atoms with Crippen LogP contribution in [0.2, 0.25) is 0 Å². The maximum atomic E-state index is 14.3. The molecule has 1 aromatic heterocycles. The molecule has 2 aliphatic carbocycles. The summed E-state index contributed by atoms with van der Waals surface area (Å²) in [5.74, 6) is -2.68. The van der Waals surface area contributed by atoms with Crippen LogP contribution in [-0.2, 0) is 32.0 Å². The molecule has 1 aromatic carbocycles. The number of carbonyl (C=O) groups excluding carboxylic acids is 4. The SMILES string of the molecule is CNC(=O)C(CC(O)C(CC1CCCCC1)NC(=O)[C@H](Cc1cscn1)NC(=O)C(CC(=O)N(C)C1CCCCC1)Cc1ccccc1)C(C)(C)O. The quantitative estimate of drug-likeness (QED) is 0.150. The molecule has 0 saturated heterocycles. The largest absolute Gasteiger partial charge is 0.391 e. The number of hydrogen-bond acceptors (Lipinski definition) is 8. The predicted molar refractivity (Wildman–Crippen MR) is 203 cm³/mol. The van der Waals surface area contributed by atoms with Gasteiger partial charge >= 0.3 is 0 Å². The van der Waals surface area contributed by atoms with Gasteiger partial charge < -0.3 is 31.1 Å². The number of rotatable bonds is 18. The van der Waals surface area contributed by atoms with E-state index in [0.717, 1.165) is 63.4 Å². The molecule has 0 bridgehead atoms. The second kappa shape index (κ2) is 20.2.